The first-order chi connectivity index (χ1) is 11.1. The fourth-order valence-electron chi connectivity index (χ4n) is 1.92. The number of hydrazine groups is 1. The molecule has 0 fully saturated rings. The Hall–Kier alpha value is -3.12. The summed E-state index contributed by atoms with van der Waals surface area (Å²) in [4.78, 5) is 22.0. The Morgan fingerprint density at radius 1 is 1.09 bits per heavy atom. The summed E-state index contributed by atoms with van der Waals surface area (Å²) in [6.07, 6.45) is 3.02. The summed E-state index contributed by atoms with van der Waals surface area (Å²) in [6, 6.07) is 17.5. The van der Waals surface area contributed by atoms with Crippen molar-refractivity contribution < 1.29 is 9.72 Å². The second-order valence-corrected chi connectivity index (χ2v) is 4.70. The van der Waals surface area contributed by atoms with Gasteiger partial charge in [-0.25, -0.2) is 5.43 Å². The Balaban J connectivity index is 1.94. The highest BCUT2D eigenvalue weighted by molar-refractivity contribution is 5.91. The summed E-state index contributed by atoms with van der Waals surface area (Å²) >= 11 is 0. The molecule has 1 atom stereocenters. The summed E-state index contributed by atoms with van der Waals surface area (Å²) < 4.78 is 0. The molecule has 0 aliphatic heterocycles. The molecule has 0 saturated heterocycles. The van der Waals surface area contributed by atoms with Gasteiger partial charge in [-0.15, -0.1) is 4.92 Å². The maximum Gasteiger partial charge on any atom is 0.258 e. The third kappa shape index (κ3) is 5.64. The standard InChI is InChI=1S/C17H16N3O3/c21-17(12-11-14-7-3-1-4-8-14)19-18-16(13-20(22)23)15-9-5-2-6-10-15/h1-13,16,18H,(H,19,21)/q-1/b12-11+. The van der Waals surface area contributed by atoms with Crippen molar-refractivity contribution in [1.29, 1.82) is 0 Å². The Morgan fingerprint density at radius 2 is 1.70 bits per heavy atom. The molecule has 0 aliphatic carbocycles. The van der Waals surface area contributed by atoms with Crippen molar-refractivity contribution in [1.82, 2.24) is 10.9 Å². The SMILES string of the molecule is O=C(/C=C/c1ccccc1)NNC([CH-][N+](=O)[O-])c1ccccc1. The minimum atomic E-state index is -0.722. The van der Waals surface area contributed by atoms with Crippen LogP contribution in [0.5, 0.6) is 0 Å². The molecule has 0 heterocycles. The van der Waals surface area contributed by atoms with Crippen LogP contribution in [0.2, 0.25) is 0 Å². The van der Waals surface area contributed by atoms with E-state index in [1.165, 1.54) is 6.08 Å². The summed E-state index contributed by atoms with van der Waals surface area (Å²) in [5.41, 5.74) is 6.67. The maximum atomic E-state index is 11.8. The van der Waals surface area contributed by atoms with Crippen molar-refractivity contribution in [3.63, 3.8) is 0 Å². The minimum absolute atomic E-state index is 0.397. The Morgan fingerprint density at radius 3 is 2.30 bits per heavy atom. The van der Waals surface area contributed by atoms with Crippen LogP contribution in [0, 0.1) is 16.7 Å². The van der Waals surface area contributed by atoms with Crippen molar-refractivity contribution in [3.8, 4) is 0 Å². The van der Waals surface area contributed by atoms with Gasteiger partial charge >= 0.3 is 0 Å². The van der Waals surface area contributed by atoms with E-state index in [-0.39, 0.29) is 0 Å². The average Bonchev–Trinajstić information content (AvgIpc) is 2.58. The number of hydrogen-bond donors (Lipinski definition) is 2. The van der Waals surface area contributed by atoms with E-state index in [2.05, 4.69) is 10.9 Å². The van der Waals surface area contributed by atoms with E-state index in [4.69, 9.17) is 0 Å². The predicted octanol–water partition coefficient (Wildman–Crippen LogP) is 2.50. The molecule has 2 aromatic carbocycles. The second kappa shape index (κ2) is 8.35. The molecule has 0 aromatic heterocycles. The van der Waals surface area contributed by atoms with E-state index in [0.717, 1.165) is 12.1 Å². The number of hydrogen-bond acceptors (Lipinski definition) is 4. The molecular weight excluding hydrogens is 294 g/mol. The number of nitro groups is 1. The van der Waals surface area contributed by atoms with Crippen LogP contribution in [0.1, 0.15) is 17.2 Å². The lowest BCUT2D eigenvalue weighted by molar-refractivity contribution is -0.441. The maximum absolute atomic E-state index is 11.8. The lowest BCUT2D eigenvalue weighted by Crippen LogP contribution is -2.40. The number of carbonyl (C=O) groups excluding carboxylic acids is 1. The third-order valence-corrected chi connectivity index (χ3v) is 3.01. The molecule has 6 nitrogen and oxygen atoms in total. The molecule has 0 bridgehead atoms. The fourth-order valence-corrected chi connectivity index (χ4v) is 1.92. The molecule has 6 heteroatoms. The summed E-state index contributed by atoms with van der Waals surface area (Å²) in [7, 11) is 0. The highest BCUT2D eigenvalue weighted by Gasteiger charge is 2.08. The Labute approximate surface area is 134 Å². The van der Waals surface area contributed by atoms with E-state index in [1.807, 2.05) is 36.4 Å². The minimum Gasteiger partial charge on any atom is -0.295 e. The average molecular weight is 310 g/mol. The van der Waals surface area contributed by atoms with Gasteiger partial charge in [-0.1, -0.05) is 66.2 Å². The third-order valence-electron chi connectivity index (χ3n) is 3.01. The molecule has 1 unspecified atom stereocenters. The van der Waals surface area contributed by atoms with Crippen LogP contribution < -0.4 is 10.9 Å². The Bertz CT molecular complexity index is 672. The molecule has 2 N–H and O–H groups in total. The second-order valence-electron chi connectivity index (χ2n) is 4.70. The normalized spacial score (nSPS) is 11.8. The van der Waals surface area contributed by atoms with Crippen LogP contribution >= 0.6 is 0 Å². The first-order valence-electron chi connectivity index (χ1n) is 6.97. The zero-order chi connectivity index (χ0) is 16.5. The highest BCUT2D eigenvalue weighted by Crippen LogP contribution is 2.14. The van der Waals surface area contributed by atoms with Gasteiger partial charge in [0.15, 0.2) is 0 Å². The van der Waals surface area contributed by atoms with Gasteiger partial charge in [-0.2, -0.15) is 0 Å². The van der Waals surface area contributed by atoms with Gasteiger partial charge in [0.1, 0.15) is 0 Å². The quantitative estimate of drug-likeness (QED) is 0.356. The molecule has 0 radical (unpaired) electrons. The van der Waals surface area contributed by atoms with Crippen LogP contribution in [0.15, 0.2) is 66.7 Å². The van der Waals surface area contributed by atoms with Crippen LogP contribution in [-0.4, -0.2) is 10.8 Å². The Kier molecular flexibility index (Phi) is 5.90. The van der Waals surface area contributed by atoms with Crippen molar-refractivity contribution in [3.05, 3.63) is 94.5 Å². The predicted molar refractivity (Wildman–Crippen MR) is 87.2 cm³/mol. The molecule has 2 aromatic rings. The zero-order valence-electron chi connectivity index (χ0n) is 12.3. The number of benzene rings is 2. The number of rotatable bonds is 7. The number of carbonyl (C=O) groups is 1. The van der Waals surface area contributed by atoms with Gasteiger partial charge in [0.25, 0.3) is 5.91 Å². The number of amides is 1. The fraction of sp³-hybridized carbons (Fsp3) is 0.0588. The van der Waals surface area contributed by atoms with Gasteiger partial charge in [0.05, 0.1) is 0 Å². The molecular formula is C17H16N3O3-. The van der Waals surface area contributed by atoms with Gasteiger partial charge < -0.3 is 0 Å². The monoisotopic (exact) mass is 310 g/mol. The van der Waals surface area contributed by atoms with Crippen molar-refractivity contribution >= 4 is 12.0 Å². The number of nitrogens with one attached hydrogen (secondary N) is 2. The smallest absolute Gasteiger partial charge is 0.258 e. The van der Waals surface area contributed by atoms with Gasteiger partial charge in [0.2, 0.25) is 0 Å². The van der Waals surface area contributed by atoms with E-state index in [0.29, 0.717) is 5.56 Å². The van der Waals surface area contributed by atoms with Gasteiger partial charge in [-0.3, -0.25) is 20.3 Å². The van der Waals surface area contributed by atoms with E-state index in [9.17, 15) is 14.9 Å². The molecule has 0 saturated carbocycles. The van der Waals surface area contributed by atoms with E-state index in [1.54, 1.807) is 30.3 Å². The van der Waals surface area contributed by atoms with Gasteiger partial charge in [-0.05, 0) is 18.2 Å². The van der Waals surface area contributed by atoms with Crippen LogP contribution in [0.4, 0.5) is 0 Å². The lowest BCUT2D eigenvalue weighted by Gasteiger charge is -2.22. The summed E-state index contributed by atoms with van der Waals surface area (Å²) in [5.74, 6) is -0.397. The molecule has 118 valence electrons. The topological polar surface area (TPSA) is 84.3 Å². The van der Waals surface area contributed by atoms with E-state index >= 15 is 0 Å². The van der Waals surface area contributed by atoms with Crippen molar-refractivity contribution in [2.45, 2.75) is 6.04 Å². The highest BCUT2D eigenvalue weighted by atomic mass is 16.6. The molecule has 23 heavy (non-hydrogen) atoms. The zero-order valence-corrected chi connectivity index (χ0v) is 12.3. The lowest BCUT2D eigenvalue weighted by atomic mass is 10.1. The van der Waals surface area contributed by atoms with Crippen LogP contribution in [0.3, 0.4) is 0 Å². The van der Waals surface area contributed by atoms with Gasteiger partial charge in [0, 0.05) is 12.1 Å². The summed E-state index contributed by atoms with van der Waals surface area (Å²) in [5, 5.41) is 10.7. The number of nitrogens with zero attached hydrogens (tertiary/aromatic N) is 1. The van der Waals surface area contributed by atoms with Crippen LogP contribution in [-0.2, 0) is 4.79 Å². The molecule has 0 spiro atoms. The molecule has 1 amide bonds. The van der Waals surface area contributed by atoms with Crippen molar-refractivity contribution in [2.75, 3.05) is 0 Å². The largest absolute Gasteiger partial charge is 0.295 e. The molecule has 0 aliphatic rings. The first kappa shape index (κ1) is 16.3. The van der Waals surface area contributed by atoms with E-state index < -0.39 is 16.9 Å². The van der Waals surface area contributed by atoms with Crippen LogP contribution in [0.25, 0.3) is 6.08 Å². The van der Waals surface area contributed by atoms with Crippen molar-refractivity contribution in [2.24, 2.45) is 0 Å². The first-order valence-corrected chi connectivity index (χ1v) is 6.97. The molecule has 2 rings (SSSR count). The summed E-state index contributed by atoms with van der Waals surface area (Å²) in [6.45, 7) is 0.885.